The fraction of sp³-hybridized carbons (Fsp3) is 0.200. The lowest BCUT2D eigenvalue weighted by atomic mass is 10.1. The molecule has 2 aromatic rings. The van der Waals surface area contributed by atoms with E-state index in [2.05, 4.69) is 5.32 Å². The summed E-state index contributed by atoms with van der Waals surface area (Å²) in [5.41, 5.74) is 0.522. The lowest BCUT2D eigenvalue weighted by Gasteiger charge is -2.20. The average molecular weight is 433 g/mol. The Morgan fingerprint density at radius 1 is 1.07 bits per heavy atom. The van der Waals surface area contributed by atoms with Gasteiger partial charge in [0.05, 0.1) is 21.7 Å². The van der Waals surface area contributed by atoms with Crippen LogP contribution < -0.4 is 5.32 Å². The summed E-state index contributed by atoms with van der Waals surface area (Å²) >= 11 is 7.51. The highest BCUT2D eigenvalue weighted by Crippen LogP contribution is 2.23. The summed E-state index contributed by atoms with van der Waals surface area (Å²) in [5, 5.41) is 3.24. The van der Waals surface area contributed by atoms with Crippen LogP contribution in [0, 0.1) is 0 Å². The molecule has 7 nitrogen and oxygen atoms in total. The number of nitrogens with zero attached hydrogens (tertiary/aromatic N) is 1. The minimum Gasteiger partial charge on any atom is -0.338 e. The minimum atomic E-state index is -1.06. The highest BCUT2D eigenvalue weighted by molar-refractivity contribution is 7.98. The van der Waals surface area contributed by atoms with E-state index in [4.69, 9.17) is 16.4 Å². The second-order valence-electron chi connectivity index (χ2n) is 6.15. The average Bonchev–Trinajstić information content (AvgIpc) is 2.96. The summed E-state index contributed by atoms with van der Waals surface area (Å²) in [6.07, 6.45) is 2.10. The molecule has 0 bridgehead atoms. The molecule has 1 aliphatic rings. The Morgan fingerprint density at radius 3 is 2.24 bits per heavy atom. The molecule has 0 aromatic heterocycles. The first-order valence-corrected chi connectivity index (χ1v) is 10.4. The van der Waals surface area contributed by atoms with Gasteiger partial charge in [-0.25, -0.2) is 4.79 Å². The summed E-state index contributed by atoms with van der Waals surface area (Å²) < 4.78 is 0. The van der Waals surface area contributed by atoms with Gasteiger partial charge in [0, 0.05) is 0 Å². The van der Waals surface area contributed by atoms with Crippen molar-refractivity contribution in [1.82, 2.24) is 10.4 Å². The van der Waals surface area contributed by atoms with E-state index in [0.29, 0.717) is 10.8 Å². The summed E-state index contributed by atoms with van der Waals surface area (Å²) in [5.74, 6) is -2.36. The van der Waals surface area contributed by atoms with Crippen LogP contribution in [0.3, 0.4) is 0 Å². The number of amides is 3. The van der Waals surface area contributed by atoms with Gasteiger partial charge in [0.2, 0.25) is 0 Å². The number of thioether (sulfide) groups is 1. The smallest absolute Gasteiger partial charge is 0.338 e. The summed E-state index contributed by atoms with van der Waals surface area (Å²) in [6.45, 7) is 0. The third kappa shape index (κ3) is 4.44. The van der Waals surface area contributed by atoms with E-state index >= 15 is 0 Å². The molecule has 1 aliphatic heterocycles. The molecule has 2 aromatic carbocycles. The predicted octanol–water partition coefficient (Wildman–Crippen LogP) is 2.95. The normalized spacial score (nSPS) is 13.8. The molecule has 0 radical (unpaired) electrons. The van der Waals surface area contributed by atoms with Gasteiger partial charge in [-0.2, -0.15) is 11.8 Å². The van der Waals surface area contributed by atoms with Crippen LogP contribution in [0.1, 0.15) is 37.5 Å². The third-order valence-electron chi connectivity index (χ3n) is 4.26. The topological polar surface area (TPSA) is 92.8 Å². The van der Waals surface area contributed by atoms with E-state index in [9.17, 15) is 19.2 Å². The first-order valence-electron chi connectivity index (χ1n) is 8.68. The first kappa shape index (κ1) is 20.9. The van der Waals surface area contributed by atoms with Crippen molar-refractivity contribution in [3.8, 4) is 0 Å². The van der Waals surface area contributed by atoms with Crippen molar-refractivity contribution in [2.45, 2.75) is 12.5 Å². The molecule has 3 rings (SSSR count). The van der Waals surface area contributed by atoms with Crippen LogP contribution in [0.15, 0.2) is 48.5 Å². The molecular formula is C20H17ClN2O5S. The van der Waals surface area contributed by atoms with Crippen LogP contribution in [0.5, 0.6) is 0 Å². The number of imide groups is 1. The Balaban J connectivity index is 1.75. The number of hydrogen-bond donors (Lipinski definition) is 1. The third-order valence-corrected chi connectivity index (χ3v) is 5.23. The largest absolute Gasteiger partial charge is 0.355 e. The van der Waals surface area contributed by atoms with E-state index in [1.807, 2.05) is 6.26 Å². The van der Waals surface area contributed by atoms with Gasteiger partial charge in [0.25, 0.3) is 17.7 Å². The molecule has 0 saturated heterocycles. The predicted molar refractivity (Wildman–Crippen MR) is 109 cm³/mol. The monoisotopic (exact) mass is 432 g/mol. The van der Waals surface area contributed by atoms with E-state index < -0.39 is 29.7 Å². The Labute approximate surface area is 176 Å². The SMILES string of the molecule is CSCCC(NC(=O)c1ccccc1Cl)C(=O)ON1C(=O)c2ccccc2C1=O. The molecular weight excluding hydrogens is 416 g/mol. The number of carbonyl (C=O) groups is 4. The molecule has 9 heteroatoms. The molecule has 1 atom stereocenters. The number of nitrogens with one attached hydrogen (secondary N) is 1. The molecule has 150 valence electrons. The summed E-state index contributed by atoms with van der Waals surface area (Å²) in [6, 6.07) is 11.5. The van der Waals surface area contributed by atoms with Gasteiger partial charge in [-0.1, -0.05) is 40.9 Å². The molecule has 29 heavy (non-hydrogen) atoms. The second kappa shape index (κ2) is 9.11. The summed E-state index contributed by atoms with van der Waals surface area (Å²) in [4.78, 5) is 55.1. The molecule has 0 aliphatic carbocycles. The van der Waals surface area contributed by atoms with Crippen LogP contribution in [-0.4, -0.2) is 46.8 Å². The quantitative estimate of drug-likeness (QED) is 0.676. The van der Waals surface area contributed by atoms with Crippen molar-refractivity contribution in [3.63, 3.8) is 0 Å². The molecule has 0 spiro atoms. The summed E-state index contributed by atoms with van der Waals surface area (Å²) in [7, 11) is 0. The number of carbonyl (C=O) groups excluding carboxylic acids is 4. The van der Waals surface area contributed by atoms with Crippen molar-refractivity contribution in [1.29, 1.82) is 0 Å². The lowest BCUT2D eigenvalue weighted by Crippen LogP contribution is -2.45. The molecule has 3 amide bonds. The van der Waals surface area contributed by atoms with Gasteiger partial charge in [-0.3, -0.25) is 14.4 Å². The van der Waals surface area contributed by atoms with Crippen LogP contribution in [0.4, 0.5) is 0 Å². The van der Waals surface area contributed by atoms with E-state index in [-0.39, 0.29) is 28.1 Å². The Kier molecular flexibility index (Phi) is 6.56. The van der Waals surface area contributed by atoms with Gasteiger partial charge < -0.3 is 10.2 Å². The van der Waals surface area contributed by atoms with Crippen LogP contribution in [0.2, 0.25) is 5.02 Å². The van der Waals surface area contributed by atoms with E-state index in [1.165, 1.54) is 30.0 Å². The van der Waals surface area contributed by atoms with Crippen molar-refractivity contribution in [2.75, 3.05) is 12.0 Å². The van der Waals surface area contributed by atoms with Crippen molar-refractivity contribution in [2.24, 2.45) is 0 Å². The Bertz CT molecular complexity index is 946. The Morgan fingerprint density at radius 2 is 1.66 bits per heavy atom. The van der Waals surface area contributed by atoms with Gasteiger partial charge in [-0.05, 0) is 42.7 Å². The zero-order valence-electron chi connectivity index (χ0n) is 15.4. The van der Waals surface area contributed by atoms with E-state index in [0.717, 1.165) is 0 Å². The maximum atomic E-state index is 12.7. The maximum Gasteiger partial charge on any atom is 0.355 e. The van der Waals surface area contributed by atoms with Gasteiger partial charge >= 0.3 is 5.97 Å². The molecule has 1 heterocycles. The zero-order chi connectivity index (χ0) is 21.0. The van der Waals surface area contributed by atoms with Crippen LogP contribution >= 0.6 is 23.4 Å². The number of hydrogen-bond acceptors (Lipinski definition) is 6. The minimum absolute atomic E-state index is 0.158. The number of benzene rings is 2. The fourth-order valence-corrected chi connectivity index (χ4v) is 3.46. The van der Waals surface area contributed by atoms with Crippen molar-refractivity contribution in [3.05, 3.63) is 70.2 Å². The maximum absolute atomic E-state index is 12.7. The van der Waals surface area contributed by atoms with Crippen LogP contribution in [-0.2, 0) is 9.63 Å². The van der Waals surface area contributed by atoms with Crippen molar-refractivity contribution >= 4 is 47.1 Å². The molecule has 0 saturated carbocycles. The fourth-order valence-electron chi connectivity index (χ4n) is 2.77. The molecule has 1 N–H and O–H groups in total. The van der Waals surface area contributed by atoms with Crippen molar-refractivity contribution < 1.29 is 24.0 Å². The lowest BCUT2D eigenvalue weighted by molar-refractivity contribution is -0.170. The Hall–Kier alpha value is -2.84. The zero-order valence-corrected chi connectivity index (χ0v) is 17.0. The molecule has 0 fully saturated rings. The van der Waals surface area contributed by atoms with Gasteiger partial charge in [0.1, 0.15) is 6.04 Å². The number of fused-ring (bicyclic) bond motifs is 1. The van der Waals surface area contributed by atoms with Gasteiger partial charge in [0.15, 0.2) is 0 Å². The second-order valence-corrected chi connectivity index (χ2v) is 7.54. The van der Waals surface area contributed by atoms with Crippen LogP contribution in [0.25, 0.3) is 0 Å². The number of halogens is 1. The standard InChI is InChI=1S/C20H17ClN2O5S/c1-29-11-10-16(22-17(24)14-8-4-5-9-15(14)21)20(27)28-23-18(25)12-6-2-3-7-13(12)19(23)26/h2-9,16H,10-11H2,1H3,(H,22,24). The van der Waals surface area contributed by atoms with E-state index in [1.54, 1.807) is 30.3 Å². The molecule has 1 unspecified atom stereocenters. The number of hydroxylamine groups is 2. The number of rotatable bonds is 7. The van der Waals surface area contributed by atoms with Gasteiger partial charge in [-0.15, -0.1) is 0 Å². The first-order chi connectivity index (χ1) is 13.9. The highest BCUT2D eigenvalue weighted by atomic mass is 35.5. The highest BCUT2D eigenvalue weighted by Gasteiger charge is 2.40.